The van der Waals surface area contributed by atoms with Gasteiger partial charge in [0.05, 0.1) is 11.9 Å². The fourth-order valence-electron chi connectivity index (χ4n) is 2.69. The van der Waals surface area contributed by atoms with Crippen LogP contribution < -0.4 is 4.90 Å². The highest BCUT2D eigenvalue weighted by molar-refractivity contribution is 6.17. The molecule has 1 fully saturated rings. The van der Waals surface area contributed by atoms with Crippen LogP contribution in [0, 0.1) is 0 Å². The molecule has 1 aliphatic carbocycles. The SMILES string of the molecule is CN(c1cnccc1CCl)C1CCCCCC1. The average Bonchev–Trinajstić information content (AvgIpc) is 2.66. The second-order valence-corrected chi connectivity index (χ2v) is 5.16. The molecular formula is C14H21ClN2. The Morgan fingerprint density at radius 2 is 2.00 bits per heavy atom. The minimum absolute atomic E-state index is 0.564. The van der Waals surface area contributed by atoms with Gasteiger partial charge < -0.3 is 4.90 Å². The fourth-order valence-corrected chi connectivity index (χ4v) is 2.91. The molecule has 17 heavy (non-hydrogen) atoms. The number of nitrogens with zero attached hydrogens (tertiary/aromatic N) is 2. The summed E-state index contributed by atoms with van der Waals surface area (Å²) in [5, 5.41) is 0. The number of aromatic nitrogens is 1. The Balaban J connectivity index is 2.14. The third-order valence-corrected chi connectivity index (χ3v) is 4.07. The van der Waals surface area contributed by atoms with Crippen LogP contribution >= 0.6 is 11.6 Å². The zero-order chi connectivity index (χ0) is 12.1. The van der Waals surface area contributed by atoms with Crippen LogP contribution in [-0.4, -0.2) is 18.1 Å². The van der Waals surface area contributed by atoms with Crippen LogP contribution in [-0.2, 0) is 5.88 Å². The summed E-state index contributed by atoms with van der Waals surface area (Å²) >= 11 is 5.99. The number of hydrogen-bond donors (Lipinski definition) is 0. The molecule has 0 aliphatic heterocycles. The van der Waals surface area contributed by atoms with Crippen LogP contribution in [0.1, 0.15) is 44.1 Å². The summed E-state index contributed by atoms with van der Waals surface area (Å²) in [6.45, 7) is 0. The van der Waals surface area contributed by atoms with E-state index in [4.69, 9.17) is 11.6 Å². The summed E-state index contributed by atoms with van der Waals surface area (Å²) in [7, 11) is 2.18. The largest absolute Gasteiger partial charge is 0.370 e. The Labute approximate surface area is 109 Å². The van der Waals surface area contributed by atoms with Crippen molar-refractivity contribution in [3.63, 3.8) is 0 Å². The van der Waals surface area contributed by atoms with Gasteiger partial charge in [0.1, 0.15) is 0 Å². The first kappa shape index (κ1) is 12.7. The van der Waals surface area contributed by atoms with Crippen molar-refractivity contribution in [3.05, 3.63) is 24.0 Å². The predicted octanol–water partition coefficient (Wildman–Crippen LogP) is 3.98. The summed E-state index contributed by atoms with van der Waals surface area (Å²) in [5.74, 6) is 0.564. The Hall–Kier alpha value is -0.760. The van der Waals surface area contributed by atoms with Crippen LogP contribution in [0.4, 0.5) is 5.69 Å². The molecule has 1 aromatic heterocycles. The van der Waals surface area contributed by atoms with Crippen molar-refractivity contribution in [3.8, 4) is 0 Å². The topological polar surface area (TPSA) is 16.1 Å². The number of rotatable bonds is 3. The van der Waals surface area contributed by atoms with Gasteiger partial charge in [0.25, 0.3) is 0 Å². The van der Waals surface area contributed by atoms with Gasteiger partial charge in [-0.2, -0.15) is 0 Å². The molecule has 0 N–H and O–H groups in total. The van der Waals surface area contributed by atoms with Crippen LogP contribution in [0.15, 0.2) is 18.5 Å². The van der Waals surface area contributed by atoms with Gasteiger partial charge in [-0.15, -0.1) is 11.6 Å². The molecule has 2 rings (SSSR count). The number of anilines is 1. The van der Waals surface area contributed by atoms with Crippen LogP contribution in [0.2, 0.25) is 0 Å². The first-order chi connectivity index (χ1) is 8.33. The molecule has 0 atom stereocenters. The summed E-state index contributed by atoms with van der Waals surface area (Å²) < 4.78 is 0. The second-order valence-electron chi connectivity index (χ2n) is 4.89. The molecule has 3 heteroatoms. The molecule has 1 aromatic rings. The van der Waals surface area contributed by atoms with E-state index in [-0.39, 0.29) is 0 Å². The quantitative estimate of drug-likeness (QED) is 0.598. The van der Waals surface area contributed by atoms with E-state index in [0.717, 1.165) is 0 Å². The normalized spacial score (nSPS) is 17.8. The third-order valence-electron chi connectivity index (χ3n) is 3.78. The molecule has 0 radical (unpaired) electrons. The number of pyridine rings is 1. The minimum atomic E-state index is 0.564. The molecular weight excluding hydrogens is 232 g/mol. The highest BCUT2D eigenvalue weighted by Crippen LogP contribution is 2.27. The first-order valence-corrected chi connectivity index (χ1v) is 7.08. The maximum absolute atomic E-state index is 5.99. The van der Waals surface area contributed by atoms with Crippen molar-refractivity contribution in [2.45, 2.75) is 50.4 Å². The number of alkyl halides is 1. The molecule has 1 heterocycles. The van der Waals surface area contributed by atoms with E-state index < -0.39 is 0 Å². The molecule has 0 unspecified atom stereocenters. The lowest BCUT2D eigenvalue weighted by atomic mass is 10.1. The Morgan fingerprint density at radius 1 is 1.29 bits per heavy atom. The summed E-state index contributed by atoms with van der Waals surface area (Å²) in [5.41, 5.74) is 2.39. The highest BCUT2D eigenvalue weighted by atomic mass is 35.5. The van der Waals surface area contributed by atoms with Gasteiger partial charge in [0, 0.05) is 25.2 Å². The molecule has 0 saturated heterocycles. The third kappa shape index (κ3) is 3.12. The standard InChI is InChI=1S/C14H21ClN2/c1-17(13-6-4-2-3-5-7-13)14-11-16-9-8-12(14)10-15/h8-9,11,13H,2-7,10H2,1H3. The smallest absolute Gasteiger partial charge is 0.0597 e. The van der Waals surface area contributed by atoms with E-state index in [1.807, 2.05) is 18.5 Å². The maximum atomic E-state index is 5.99. The Bertz CT molecular complexity index is 346. The van der Waals surface area contributed by atoms with Crippen molar-refractivity contribution in [2.75, 3.05) is 11.9 Å². The molecule has 0 amide bonds. The summed E-state index contributed by atoms with van der Waals surface area (Å²) in [6, 6.07) is 2.68. The van der Waals surface area contributed by atoms with E-state index in [1.165, 1.54) is 49.8 Å². The van der Waals surface area contributed by atoms with Gasteiger partial charge in [0.15, 0.2) is 0 Å². The minimum Gasteiger partial charge on any atom is -0.370 e. The van der Waals surface area contributed by atoms with Crippen LogP contribution in [0.5, 0.6) is 0 Å². The summed E-state index contributed by atoms with van der Waals surface area (Å²) in [6.07, 6.45) is 11.8. The van der Waals surface area contributed by atoms with Gasteiger partial charge in [-0.25, -0.2) is 0 Å². The van der Waals surface area contributed by atoms with Crippen molar-refractivity contribution in [1.29, 1.82) is 0 Å². The van der Waals surface area contributed by atoms with Crippen molar-refractivity contribution in [2.24, 2.45) is 0 Å². The first-order valence-electron chi connectivity index (χ1n) is 6.54. The number of hydrogen-bond acceptors (Lipinski definition) is 2. The van der Waals surface area contributed by atoms with Gasteiger partial charge in [-0.1, -0.05) is 25.7 Å². The fraction of sp³-hybridized carbons (Fsp3) is 0.643. The van der Waals surface area contributed by atoms with E-state index in [0.29, 0.717) is 11.9 Å². The lowest BCUT2D eigenvalue weighted by Gasteiger charge is -2.30. The Morgan fingerprint density at radius 3 is 2.65 bits per heavy atom. The van der Waals surface area contributed by atoms with Crippen molar-refractivity contribution < 1.29 is 0 Å². The molecule has 0 aromatic carbocycles. The van der Waals surface area contributed by atoms with E-state index >= 15 is 0 Å². The van der Waals surface area contributed by atoms with Gasteiger partial charge in [-0.3, -0.25) is 4.98 Å². The lowest BCUT2D eigenvalue weighted by molar-refractivity contribution is 0.552. The lowest BCUT2D eigenvalue weighted by Crippen LogP contribution is -2.31. The van der Waals surface area contributed by atoms with Gasteiger partial charge in [0.2, 0.25) is 0 Å². The Kier molecular flexibility index (Phi) is 4.66. The zero-order valence-electron chi connectivity index (χ0n) is 10.5. The summed E-state index contributed by atoms with van der Waals surface area (Å²) in [4.78, 5) is 6.62. The van der Waals surface area contributed by atoms with E-state index in [1.54, 1.807) is 0 Å². The molecule has 1 saturated carbocycles. The maximum Gasteiger partial charge on any atom is 0.0597 e. The molecule has 2 nitrogen and oxygen atoms in total. The zero-order valence-corrected chi connectivity index (χ0v) is 11.3. The van der Waals surface area contributed by atoms with Crippen LogP contribution in [0.25, 0.3) is 0 Å². The van der Waals surface area contributed by atoms with Gasteiger partial charge in [-0.05, 0) is 24.5 Å². The molecule has 94 valence electrons. The van der Waals surface area contributed by atoms with Crippen molar-refractivity contribution >= 4 is 17.3 Å². The average molecular weight is 253 g/mol. The van der Waals surface area contributed by atoms with Gasteiger partial charge >= 0.3 is 0 Å². The van der Waals surface area contributed by atoms with Crippen molar-refractivity contribution in [1.82, 2.24) is 4.98 Å². The monoisotopic (exact) mass is 252 g/mol. The van der Waals surface area contributed by atoms with E-state index in [9.17, 15) is 0 Å². The molecule has 0 bridgehead atoms. The highest BCUT2D eigenvalue weighted by Gasteiger charge is 2.19. The molecule has 0 spiro atoms. The second kappa shape index (κ2) is 6.25. The van der Waals surface area contributed by atoms with Crippen LogP contribution in [0.3, 0.4) is 0 Å². The predicted molar refractivity (Wildman–Crippen MR) is 73.7 cm³/mol. The van der Waals surface area contributed by atoms with E-state index in [2.05, 4.69) is 16.9 Å². The number of halogens is 1. The molecule has 1 aliphatic rings.